The first-order chi connectivity index (χ1) is 15.5. The van der Waals surface area contributed by atoms with Crippen LogP contribution in [-0.2, 0) is 11.2 Å². The number of carbonyl (C=O) groups excluding carboxylic acids is 1. The molecule has 1 aliphatic rings. The van der Waals surface area contributed by atoms with Crippen LogP contribution in [0.1, 0.15) is 24.0 Å². The second kappa shape index (κ2) is 7.84. The lowest BCUT2D eigenvalue weighted by atomic mass is 10.1. The van der Waals surface area contributed by atoms with Crippen LogP contribution >= 0.6 is 0 Å². The highest BCUT2D eigenvalue weighted by atomic mass is 16.4. The summed E-state index contributed by atoms with van der Waals surface area (Å²) >= 11 is 0. The molecule has 2 aromatic heterocycles. The molecular weight excluding hydrogens is 408 g/mol. The third-order valence-corrected chi connectivity index (χ3v) is 5.54. The van der Waals surface area contributed by atoms with Gasteiger partial charge in [0.05, 0.1) is 5.52 Å². The molecule has 0 fully saturated rings. The van der Waals surface area contributed by atoms with Crippen LogP contribution in [0.2, 0.25) is 0 Å². The van der Waals surface area contributed by atoms with Gasteiger partial charge in [0.1, 0.15) is 5.82 Å². The van der Waals surface area contributed by atoms with Gasteiger partial charge in [0.15, 0.2) is 5.58 Å². The fraction of sp³-hybridized carbons (Fsp3) is 0.217. The highest BCUT2D eigenvalue weighted by Crippen LogP contribution is 2.30. The second-order valence-corrected chi connectivity index (χ2v) is 7.85. The first-order valence-corrected chi connectivity index (χ1v) is 10.4. The summed E-state index contributed by atoms with van der Waals surface area (Å²) in [5.74, 6) is 0.766. The van der Waals surface area contributed by atoms with Crippen LogP contribution in [0.5, 0.6) is 0 Å². The van der Waals surface area contributed by atoms with Crippen molar-refractivity contribution in [3.8, 4) is 0 Å². The van der Waals surface area contributed by atoms with E-state index in [0.717, 1.165) is 41.0 Å². The van der Waals surface area contributed by atoms with Crippen molar-refractivity contribution in [2.75, 3.05) is 22.6 Å². The summed E-state index contributed by atoms with van der Waals surface area (Å²) in [4.78, 5) is 37.0. The molecular formula is C23H22N6O3. The van der Waals surface area contributed by atoms with Gasteiger partial charge in [-0.15, -0.1) is 0 Å². The summed E-state index contributed by atoms with van der Waals surface area (Å²) in [6, 6.07) is 11.3. The fourth-order valence-electron chi connectivity index (χ4n) is 3.77. The number of benzene rings is 2. The number of hydrogen-bond donors (Lipinski definition) is 3. The van der Waals surface area contributed by atoms with Gasteiger partial charge in [0.2, 0.25) is 11.9 Å². The van der Waals surface area contributed by atoms with Crippen molar-refractivity contribution in [1.82, 2.24) is 15.0 Å². The molecule has 5 rings (SSSR count). The van der Waals surface area contributed by atoms with Gasteiger partial charge >= 0.3 is 5.76 Å². The van der Waals surface area contributed by atoms with E-state index in [0.29, 0.717) is 29.3 Å². The third-order valence-electron chi connectivity index (χ3n) is 5.54. The molecule has 0 saturated heterocycles. The zero-order valence-corrected chi connectivity index (χ0v) is 17.7. The number of rotatable bonds is 4. The van der Waals surface area contributed by atoms with Crippen molar-refractivity contribution in [2.24, 2.45) is 0 Å². The van der Waals surface area contributed by atoms with Crippen LogP contribution < -0.4 is 21.3 Å². The molecule has 162 valence electrons. The zero-order valence-electron chi connectivity index (χ0n) is 17.7. The van der Waals surface area contributed by atoms with Crippen molar-refractivity contribution < 1.29 is 9.21 Å². The van der Waals surface area contributed by atoms with E-state index >= 15 is 0 Å². The van der Waals surface area contributed by atoms with Crippen LogP contribution in [0.4, 0.5) is 28.8 Å². The number of carbonyl (C=O) groups is 1. The first kappa shape index (κ1) is 19.8. The van der Waals surface area contributed by atoms with Crippen LogP contribution in [0.25, 0.3) is 11.1 Å². The highest BCUT2D eigenvalue weighted by Gasteiger charge is 2.16. The number of nitrogens with one attached hydrogen (secondary N) is 3. The lowest BCUT2D eigenvalue weighted by Crippen LogP contribution is -2.15. The van der Waals surface area contributed by atoms with Gasteiger partial charge in [0, 0.05) is 42.3 Å². The minimum absolute atomic E-state index is 0.0557. The van der Waals surface area contributed by atoms with E-state index in [4.69, 9.17) is 9.40 Å². The Bertz CT molecular complexity index is 1390. The summed E-state index contributed by atoms with van der Waals surface area (Å²) in [6.07, 6.45) is 3.97. The van der Waals surface area contributed by atoms with E-state index in [1.165, 1.54) is 0 Å². The smallest absolute Gasteiger partial charge is 0.408 e. The van der Waals surface area contributed by atoms with E-state index in [-0.39, 0.29) is 5.91 Å². The Morgan fingerprint density at radius 2 is 2.00 bits per heavy atom. The van der Waals surface area contributed by atoms with E-state index in [1.54, 1.807) is 18.3 Å². The van der Waals surface area contributed by atoms with E-state index in [9.17, 15) is 9.59 Å². The standard InChI is InChI=1S/C23H22N6O3/c1-13-12-24-22(28-21(13)25-15-6-9-19-18(11-15)27-23(31)32-19)29(2)16-7-8-17-14(10-16)4-3-5-20(30)26-17/h6-12H,3-5H2,1-2H3,(H,26,30)(H,27,31)(H,24,25,28). The molecule has 9 nitrogen and oxygen atoms in total. The molecule has 1 aliphatic heterocycles. The molecule has 0 spiro atoms. The van der Waals surface area contributed by atoms with Gasteiger partial charge < -0.3 is 20.0 Å². The number of oxazole rings is 1. The number of anilines is 5. The Morgan fingerprint density at radius 3 is 2.88 bits per heavy atom. The second-order valence-electron chi connectivity index (χ2n) is 7.85. The van der Waals surface area contributed by atoms with Gasteiger partial charge in [-0.25, -0.2) is 9.78 Å². The SMILES string of the molecule is Cc1cnc(N(C)c2ccc3c(c2)CCCC(=O)N3)nc1Nc1ccc2oc(=O)[nH]c2c1. The molecule has 0 atom stereocenters. The topological polar surface area (TPSA) is 116 Å². The Morgan fingerprint density at radius 1 is 1.12 bits per heavy atom. The summed E-state index contributed by atoms with van der Waals surface area (Å²) in [5.41, 5.74) is 5.67. The molecule has 0 unspecified atom stereocenters. The summed E-state index contributed by atoms with van der Waals surface area (Å²) in [7, 11) is 1.91. The van der Waals surface area contributed by atoms with Crippen LogP contribution in [-0.4, -0.2) is 27.9 Å². The van der Waals surface area contributed by atoms with Crippen LogP contribution in [0.3, 0.4) is 0 Å². The molecule has 32 heavy (non-hydrogen) atoms. The predicted octanol–water partition coefficient (Wildman–Crippen LogP) is 4.01. The molecule has 2 aromatic carbocycles. The molecule has 0 bridgehead atoms. The van der Waals surface area contributed by atoms with Gasteiger partial charge in [-0.2, -0.15) is 4.98 Å². The fourth-order valence-corrected chi connectivity index (χ4v) is 3.77. The predicted molar refractivity (Wildman–Crippen MR) is 123 cm³/mol. The minimum Gasteiger partial charge on any atom is -0.408 e. The number of amides is 1. The van der Waals surface area contributed by atoms with Gasteiger partial charge in [0.25, 0.3) is 0 Å². The van der Waals surface area contributed by atoms with E-state index < -0.39 is 5.76 Å². The highest BCUT2D eigenvalue weighted by molar-refractivity contribution is 5.92. The van der Waals surface area contributed by atoms with Crippen molar-refractivity contribution in [3.63, 3.8) is 0 Å². The quantitative estimate of drug-likeness (QED) is 0.448. The van der Waals surface area contributed by atoms with Crippen molar-refractivity contribution >= 4 is 45.8 Å². The average Bonchev–Trinajstić information content (AvgIpc) is 3.04. The number of nitrogens with zero attached hydrogens (tertiary/aromatic N) is 3. The number of H-pyrrole nitrogens is 1. The summed E-state index contributed by atoms with van der Waals surface area (Å²) in [6.45, 7) is 1.93. The lowest BCUT2D eigenvalue weighted by molar-refractivity contribution is -0.116. The van der Waals surface area contributed by atoms with Crippen molar-refractivity contribution in [1.29, 1.82) is 0 Å². The van der Waals surface area contributed by atoms with Crippen LogP contribution in [0, 0.1) is 6.92 Å². The Balaban J connectivity index is 1.43. The van der Waals surface area contributed by atoms with Gasteiger partial charge in [-0.3, -0.25) is 9.78 Å². The summed E-state index contributed by atoms with van der Waals surface area (Å²) < 4.78 is 5.06. The number of fused-ring (bicyclic) bond motifs is 2. The summed E-state index contributed by atoms with van der Waals surface area (Å²) in [5, 5.41) is 6.25. The maximum Gasteiger partial charge on any atom is 0.417 e. The monoisotopic (exact) mass is 430 g/mol. The third kappa shape index (κ3) is 3.80. The van der Waals surface area contributed by atoms with E-state index in [1.807, 2.05) is 37.1 Å². The Labute approximate surface area is 183 Å². The Kier molecular flexibility index (Phi) is 4.85. The average molecular weight is 430 g/mol. The number of hydrogen-bond acceptors (Lipinski definition) is 7. The molecule has 0 aliphatic carbocycles. The maximum atomic E-state index is 11.8. The largest absolute Gasteiger partial charge is 0.417 e. The molecule has 4 aromatic rings. The number of aromatic amines is 1. The van der Waals surface area contributed by atoms with Crippen molar-refractivity contribution in [2.45, 2.75) is 26.2 Å². The van der Waals surface area contributed by atoms with Crippen molar-refractivity contribution in [3.05, 3.63) is 64.3 Å². The number of aromatic nitrogens is 3. The molecule has 0 saturated carbocycles. The number of aryl methyl sites for hydroxylation is 2. The lowest BCUT2D eigenvalue weighted by Gasteiger charge is -2.20. The Hall–Kier alpha value is -4.14. The molecule has 1 amide bonds. The van der Waals surface area contributed by atoms with Gasteiger partial charge in [-0.1, -0.05) is 0 Å². The van der Waals surface area contributed by atoms with Crippen LogP contribution in [0.15, 0.2) is 51.8 Å². The molecule has 0 radical (unpaired) electrons. The zero-order chi connectivity index (χ0) is 22.2. The maximum absolute atomic E-state index is 11.8. The molecule has 3 heterocycles. The van der Waals surface area contributed by atoms with E-state index in [2.05, 4.69) is 26.7 Å². The first-order valence-electron chi connectivity index (χ1n) is 10.4. The minimum atomic E-state index is -0.486. The normalized spacial score (nSPS) is 13.4. The molecule has 3 N–H and O–H groups in total. The van der Waals surface area contributed by atoms with Gasteiger partial charge in [-0.05, 0) is 61.7 Å². The molecule has 9 heteroatoms.